The summed E-state index contributed by atoms with van der Waals surface area (Å²) < 4.78 is 0. The number of fused-ring (bicyclic) bond motifs is 2. The molecule has 0 aliphatic carbocycles. The summed E-state index contributed by atoms with van der Waals surface area (Å²) in [5, 5.41) is 18.0. The van der Waals surface area contributed by atoms with E-state index in [0.717, 1.165) is 91.8 Å². The second kappa shape index (κ2) is 13.9. The molecule has 4 N–H and O–H groups in total. The summed E-state index contributed by atoms with van der Waals surface area (Å²) in [6.07, 6.45) is 9.36. The number of H-pyrrole nitrogens is 1. The largest absolute Gasteiger partial charge is 0.340 e. The van der Waals surface area contributed by atoms with E-state index in [0.29, 0.717) is 44.9 Å². The van der Waals surface area contributed by atoms with Gasteiger partial charge < -0.3 is 35.6 Å². The lowest BCUT2D eigenvalue weighted by Gasteiger charge is -2.44. The second-order valence-electron chi connectivity index (χ2n) is 15.4. The van der Waals surface area contributed by atoms with Gasteiger partial charge in [0, 0.05) is 62.3 Å². The van der Waals surface area contributed by atoms with Crippen molar-refractivity contribution >= 4 is 34.6 Å². The molecule has 50 heavy (non-hydrogen) atoms. The molecule has 0 radical (unpaired) electrons. The Labute approximate surface area is 294 Å². The Bertz CT molecular complexity index is 1720. The molecule has 0 saturated carbocycles. The van der Waals surface area contributed by atoms with Crippen LogP contribution in [0.25, 0.3) is 10.9 Å². The van der Waals surface area contributed by atoms with Crippen LogP contribution in [0.5, 0.6) is 0 Å². The number of nitrogens with one attached hydrogen (secondary N) is 4. The van der Waals surface area contributed by atoms with Crippen molar-refractivity contribution < 1.29 is 14.4 Å². The zero-order valence-corrected chi connectivity index (χ0v) is 29.3. The molecule has 1 unspecified atom stereocenters. The number of hydrogen-bond donors (Lipinski definition) is 4. The Hall–Kier alpha value is -4.16. The first-order valence-electron chi connectivity index (χ1n) is 18.7. The first-order valence-corrected chi connectivity index (χ1v) is 18.7. The van der Waals surface area contributed by atoms with Crippen LogP contribution in [0.1, 0.15) is 61.6 Å². The Balaban J connectivity index is 0.928. The molecule has 12 nitrogen and oxygen atoms in total. The molecule has 1 aromatic heterocycles. The van der Waals surface area contributed by atoms with Crippen LogP contribution in [0, 0.1) is 12.3 Å². The van der Waals surface area contributed by atoms with Crippen molar-refractivity contribution in [2.75, 3.05) is 57.7 Å². The van der Waals surface area contributed by atoms with Gasteiger partial charge in [0.05, 0.1) is 11.7 Å². The van der Waals surface area contributed by atoms with E-state index in [1.54, 1.807) is 0 Å². The summed E-state index contributed by atoms with van der Waals surface area (Å²) in [5.74, 6) is 0.0134. The number of aromatic amines is 1. The molecule has 4 fully saturated rings. The minimum absolute atomic E-state index is 0.0134. The molecule has 6 heterocycles. The number of carbonyl (C=O) groups is 3. The van der Waals surface area contributed by atoms with E-state index in [2.05, 4.69) is 43.2 Å². The van der Waals surface area contributed by atoms with Gasteiger partial charge in [-0.15, -0.1) is 0 Å². The highest BCUT2D eigenvalue weighted by molar-refractivity contribution is 5.92. The molecule has 5 amide bonds. The van der Waals surface area contributed by atoms with Crippen LogP contribution in [0.15, 0.2) is 42.6 Å². The summed E-state index contributed by atoms with van der Waals surface area (Å²) >= 11 is 0. The predicted molar refractivity (Wildman–Crippen MR) is 193 cm³/mol. The van der Waals surface area contributed by atoms with Crippen LogP contribution in [0.3, 0.4) is 0 Å². The molecule has 0 bridgehead atoms. The van der Waals surface area contributed by atoms with E-state index >= 15 is 0 Å². The lowest BCUT2D eigenvalue weighted by Crippen LogP contribution is -2.56. The molecule has 8 rings (SSSR count). The highest BCUT2D eigenvalue weighted by atomic mass is 16.2. The van der Waals surface area contributed by atoms with Crippen LogP contribution in [0.4, 0.5) is 15.3 Å². The number of urea groups is 2. The minimum atomic E-state index is -0.668. The average Bonchev–Trinajstić information content (AvgIpc) is 3.79. The van der Waals surface area contributed by atoms with Crippen molar-refractivity contribution in [2.24, 2.45) is 5.41 Å². The van der Waals surface area contributed by atoms with Gasteiger partial charge >= 0.3 is 12.1 Å². The summed E-state index contributed by atoms with van der Waals surface area (Å²) in [7, 11) is 0. The monoisotopic (exact) mass is 681 g/mol. The van der Waals surface area contributed by atoms with Crippen LogP contribution >= 0.6 is 0 Å². The number of carbonyl (C=O) groups excluding carboxylic acids is 3. The Morgan fingerprint density at radius 2 is 1.72 bits per heavy atom. The molecule has 1 spiro atoms. The molecule has 12 heteroatoms. The molecular weight excluding hydrogens is 630 g/mol. The maximum Gasteiger partial charge on any atom is 0.322 e. The van der Waals surface area contributed by atoms with E-state index in [4.69, 9.17) is 0 Å². The minimum Gasteiger partial charge on any atom is -0.340 e. The Morgan fingerprint density at radius 1 is 0.960 bits per heavy atom. The summed E-state index contributed by atoms with van der Waals surface area (Å²) in [4.78, 5) is 49.7. The number of aryl methyl sites for hydroxylation is 1. The third-order valence-corrected chi connectivity index (χ3v) is 12.3. The van der Waals surface area contributed by atoms with Gasteiger partial charge in [0.1, 0.15) is 6.04 Å². The zero-order valence-electron chi connectivity index (χ0n) is 29.3. The van der Waals surface area contributed by atoms with Gasteiger partial charge in [0.25, 0.3) is 0 Å². The first-order chi connectivity index (χ1) is 24.3. The molecule has 2 aromatic carbocycles. The SMILES string of the molecule is Cc1cc(CC(NC(=O)N2CCC(N3Cc4ccccc4NC3=O)CC2)C(=O)N2CCC3(CCN(C4CCNCC4)CC3)C2)cc2cn[nH]c12. The highest BCUT2D eigenvalue weighted by Crippen LogP contribution is 2.41. The van der Waals surface area contributed by atoms with Crippen LogP contribution in [0.2, 0.25) is 0 Å². The summed E-state index contributed by atoms with van der Waals surface area (Å²) in [6.45, 7) is 9.63. The van der Waals surface area contributed by atoms with Gasteiger partial charge in [0.2, 0.25) is 5.91 Å². The van der Waals surface area contributed by atoms with Crippen LogP contribution in [-0.2, 0) is 17.8 Å². The van der Waals surface area contributed by atoms with Gasteiger partial charge in [-0.05, 0) is 112 Å². The molecule has 3 aromatic rings. The number of para-hydroxylation sites is 1. The smallest absolute Gasteiger partial charge is 0.322 e. The fourth-order valence-corrected chi connectivity index (χ4v) is 9.29. The number of aromatic nitrogens is 2. The molecule has 4 saturated heterocycles. The fourth-order valence-electron chi connectivity index (χ4n) is 9.29. The number of amides is 5. The molecule has 266 valence electrons. The standard InChI is InChI=1S/C38H51N9O3/c1-26-20-27(21-29-23-40-43-34(26)29)22-33(35(48)46-19-12-38(25-46)10-17-44(18-11-38)30-6-13-39-14-7-30)42-36(49)45-15-8-31(9-16-45)47-24-28-4-2-3-5-32(28)41-37(47)50/h2-5,20-21,23,30-31,33,39H,6-19,22,24-25H2,1H3,(H,40,43)(H,41,50)(H,42,49). The predicted octanol–water partition coefficient (Wildman–Crippen LogP) is 4.07. The van der Waals surface area contributed by atoms with Crippen molar-refractivity contribution in [3.8, 4) is 0 Å². The summed E-state index contributed by atoms with van der Waals surface area (Å²) in [6, 6.07) is 11.9. The van der Waals surface area contributed by atoms with Crippen molar-refractivity contribution in [3.63, 3.8) is 0 Å². The fraction of sp³-hybridized carbons (Fsp3) is 0.579. The average molecular weight is 682 g/mol. The van der Waals surface area contributed by atoms with E-state index in [9.17, 15) is 14.4 Å². The third-order valence-electron chi connectivity index (χ3n) is 12.3. The van der Waals surface area contributed by atoms with Crippen molar-refractivity contribution in [2.45, 2.75) is 83.0 Å². The second-order valence-corrected chi connectivity index (χ2v) is 15.4. The van der Waals surface area contributed by atoms with Crippen molar-refractivity contribution in [3.05, 3.63) is 59.3 Å². The number of piperidine rings is 3. The molecule has 1 atom stereocenters. The van der Waals surface area contributed by atoms with Crippen LogP contribution < -0.4 is 16.0 Å². The maximum atomic E-state index is 14.4. The molecule has 5 aliphatic rings. The van der Waals surface area contributed by atoms with Gasteiger partial charge in [-0.25, -0.2) is 9.59 Å². The summed E-state index contributed by atoms with van der Waals surface area (Å²) in [5.41, 5.74) is 5.22. The van der Waals surface area contributed by atoms with Crippen molar-refractivity contribution in [1.82, 2.24) is 40.4 Å². The molecular formula is C38H51N9O3. The topological polar surface area (TPSA) is 129 Å². The van der Waals surface area contributed by atoms with E-state index in [-0.39, 0.29) is 29.4 Å². The van der Waals surface area contributed by atoms with Gasteiger partial charge in [-0.2, -0.15) is 5.10 Å². The number of rotatable bonds is 6. The van der Waals surface area contributed by atoms with E-state index in [1.807, 2.05) is 52.1 Å². The lowest BCUT2D eigenvalue weighted by molar-refractivity contribution is -0.132. The maximum absolute atomic E-state index is 14.4. The van der Waals surface area contributed by atoms with Gasteiger partial charge in [0.15, 0.2) is 0 Å². The normalized spacial score (nSPS) is 22.5. The van der Waals surface area contributed by atoms with Crippen LogP contribution in [-0.4, -0.2) is 118 Å². The lowest BCUT2D eigenvalue weighted by atomic mass is 9.77. The first kappa shape index (κ1) is 33.0. The van der Waals surface area contributed by atoms with E-state index < -0.39 is 6.04 Å². The zero-order chi connectivity index (χ0) is 34.2. The van der Waals surface area contributed by atoms with Crippen molar-refractivity contribution in [1.29, 1.82) is 0 Å². The number of hydrogen-bond acceptors (Lipinski definition) is 6. The van der Waals surface area contributed by atoms with Gasteiger partial charge in [-0.1, -0.05) is 24.3 Å². The Morgan fingerprint density at radius 3 is 2.52 bits per heavy atom. The molecule has 5 aliphatic heterocycles. The number of nitrogens with zero attached hydrogens (tertiary/aromatic N) is 5. The quantitative estimate of drug-likeness (QED) is 0.311. The number of likely N-dealkylation sites (tertiary alicyclic amines) is 3. The highest BCUT2D eigenvalue weighted by Gasteiger charge is 2.44. The van der Waals surface area contributed by atoms with E-state index in [1.165, 1.54) is 12.8 Å². The van der Waals surface area contributed by atoms with Gasteiger partial charge in [-0.3, -0.25) is 9.89 Å². The Kier molecular flexibility index (Phi) is 9.15. The number of benzene rings is 2. The third kappa shape index (κ3) is 6.67. The number of anilines is 1.